The van der Waals surface area contributed by atoms with E-state index < -0.39 is 0 Å². The number of hydrogen-bond acceptors (Lipinski definition) is 0. The lowest BCUT2D eigenvalue weighted by Gasteiger charge is -2.12. The van der Waals surface area contributed by atoms with Crippen LogP contribution in [-0.4, -0.2) is 0 Å². The minimum atomic E-state index is 1.19. The van der Waals surface area contributed by atoms with E-state index in [-0.39, 0.29) is 0 Å². The molecular formula is C13H19Br. The molecule has 1 fully saturated rings. The van der Waals surface area contributed by atoms with Gasteiger partial charge < -0.3 is 0 Å². The van der Waals surface area contributed by atoms with Gasteiger partial charge in [-0.3, -0.25) is 0 Å². The van der Waals surface area contributed by atoms with Gasteiger partial charge in [0.2, 0.25) is 0 Å². The smallest absolute Gasteiger partial charge is 0.0204 e. The van der Waals surface area contributed by atoms with Crippen LogP contribution in [0.1, 0.15) is 46.0 Å². The van der Waals surface area contributed by atoms with Gasteiger partial charge >= 0.3 is 0 Å². The predicted molar refractivity (Wildman–Crippen MR) is 67.6 cm³/mol. The third-order valence-corrected chi connectivity index (χ3v) is 3.59. The van der Waals surface area contributed by atoms with E-state index in [2.05, 4.69) is 36.4 Å². The number of halogens is 1. The molecule has 0 N–H and O–H groups in total. The van der Waals surface area contributed by atoms with Crippen molar-refractivity contribution >= 4 is 15.9 Å². The Hall–Kier alpha value is -0.300. The highest BCUT2D eigenvalue weighted by Crippen LogP contribution is 2.34. The van der Waals surface area contributed by atoms with Crippen LogP contribution in [0.3, 0.4) is 0 Å². The normalized spacial score (nSPS) is 21.5. The van der Waals surface area contributed by atoms with Crippen LogP contribution in [0.5, 0.6) is 0 Å². The fourth-order valence-electron chi connectivity index (χ4n) is 2.02. The van der Waals surface area contributed by atoms with Gasteiger partial charge in [-0.25, -0.2) is 0 Å². The summed E-state index contributed by atoms with van der Waals surface area (Å²) in [6, 6.07) is 0. The summed E-state index contributed by atoms with van der Waals surface area (Å²) in [5.74, 6) is 0. The van der Waals surface area contributed by atoms with Gasteiger partial charge in [-0.2, -0.15) is 0 Å². The molecule has 1 heteroatoms. The van der Waals surface area contributed by atoms with Crippen molar-refractivity contribution in [2.45, 2.75) is 46.0 Å². The van der Waals surface area contributed by atoms with Crippen molar-refractivity contribution in [3.8, 4) is 0 Å². The van der Waals surface area contributed by atoms with E-state index in [1.165, 1.54) is 47.7 Å². The third kappa shape index (κ3) is 2.84. The first kappa shape index (κ1) is 11.8. The molecule has 0 amide bonds. The quantitative estimate of drug-likeness (QED) is 0.570. The highest BCUT2D eigenvalue weighted by molar-refractivity contribution is 9.11. The molecule has 0 spiro atoms. The molecule has 78 valence electrons. The molecule has 0 saturated heterocycles. The monoisotopic (exact) mass is 254 g/mol. The van der Waals surface area contributed by atoms with Crippen molar-refractivity contribution in [1.82, 2.24) is 0 Å². The van der Waals surface area contributed by atoms with E-state index in [0.29, 0.717) is 0 Å². The van der Waals surface area contributed by atoms with Crippen molar-refractivity contribution in [3.05, 3.63) is 33.9 Å². The predicted octanol–water partition coefficient (Wildman–Crippen LogP) is 5.12. The molecule has 0 heterocycles. The standard InChI is InChI=1S/C13H19Br/c1-4-13(14)12-9-7-5-6-8-11(12)10(2)3/h4H,1,5-9H2,2-3H3/b13-12+. The molecule has 0 aliphatic heterocycles. The average Bonchev–Trinajstić information content (AvgIpc) is 2.41. The Labute approximate surface area is 95.9 Å². The van der Waals surface area contributed by atoms with Crippen LogP contribution in [0, 0.1) is 0 Å². The van der Waals surface area contributed by atoms with E-state index in [1.54, 1.807) is 5.57 Å². The molecule has 0 radical (unpaired) electrons. The van der Waals surface area contributed by atoms with E-state index in [0.717, 1.165) is 0 Å². The van der Waals surface area contributed by atoms with Gasteiger partial charge in [-0.05, 0) is 50.7 Å². The molecule has 0 aromatic carbocycles. The molecule has 14 heavy (non-hydrogen) atoms. The summed E-state index contributed by atoms with van der Waals surface area (Å²) < 4.78 is 1.19. The van der Waals surface area contributed by atoms with Crippen molar-refractivity contribution in [2.75, 3.05) is 0 Å². The largest absolute Gasteiger partial charge is 0.0979 e. The third-order valence-electron chi connectivity index (χ3n) is 2.79. The first-order valence-electron chi connectivity index (χ1n) is 5.34. The highest BCUT2D eigenvalue weighted by Gasteiger charge is 2.13. The van der Waals surface area contributed by atoms with Crippen LogP contribution in [0.4, 0.5) is 0 Å². The first-order chi connectivity index (χ1) is 6.66. The molecule has 0 aromatic heterocycles. The summed E-state index contributed by atoms with van der Waals surface area (Å²) in [4.78, 5) is 0. The Morgan fingerprint density at radius 2 is 1.71 bits per heavy atom. The van der Waals surface area contributed by atoms with Crippen LogP contribution in [0.25, 0.3) is 0 Å². The van der Waals surface area contributed by atoms with Gasteiger partial charge in [0.05, 0.1) is 0 Å². The maximum atomic E-state index is 3.83. The van der Waals surface area contributed by atoms with Gasteiger partial charge in [0.15, 0.2) is 0 Å². The number of rotatable bonds is 1. The molecule has 0 aromatic rings. The van der Waals surface area contributed by atoms with Gasteiger partial charge in [-0.15, -0.1) is 0 Å². The molecule has 0 unspecified atom stereocenters. The second kappa shape index (κ2) is 5.55. The van der Waals surface area contributed by atoms with Crippen molar-refractivity contribution in [2.24, 2.45) is 0 Å². The molecule has 0 bridgehead atoms. The van der Waals surface area contributed by atoms with Gasteiger partial charge in [-0.1, -0.05) is 40.6 Å². The highest BCUT2D eigenvalue weighted by atomic mass is 79.9. The Kier molecular flexibility index (Phi) is 4.67. The van der Waals surface area contributed by atoms with Crippen molar-refractivity contribution in [3.63, 3.8) is 0 Å². The molecule has 0 atom stereocenters. The molecule has 1 aliphatic rings. The molecule has 0 nitrogen and oxygen atoms in total. The SMILES string of the molecule is C=C/C(Br)=C1/CCCCCC1=C(C)C. The van der Waals surface area contributed by atoms with Gasteiger partial charge in [0.1, 0.15) is 0 Å². The van der Waals surface area contributed by atoms with Crippen LogP contribution in [0.2, 0.25) is 0 Å². The van der Waals surface area contributed by atoms with Crippen molar-refractivity contribution in [1.29, 1.82) is 0 Å². The van der Waals surface area contributed by atoms with E-state index >= 15 is 0 Å². The van der Waals surface area contributed by atoms with Crippen LogP contribution >= 0.6 is 15.9 Å². The topological polar surface area (TPSA) is 0 Å². The number of allylic oxidation sites excluding steroid dienone is 5. The Morgan fingerprint density at radius 3 is 2.21 bits per heavy atom. The minimum absolute atomic E-state index is 1.19. The summed E-state index contributed by atoms with van der Waals surface area (Å²) in [5, 5.41) is 0. The summed E-state index contributed by atoms with van der Waals surface area (Å²) in [7, 11) is 0. The van der Waals surface area contributed by atoms with E-state index in [1.807, 2.05) is 6.08 Å². The fourth-order valence-corrected chi connectivity index (χ4v) is 2.46. The maximum absolute atomic E-state index is 3.83. The lowest BCUT2D eigenvalue weighted by molar-refractivity contribution is 0.718. The molecule has 1 aliphatic carbocycles. The summed E-state index contributed by atoms with van der Waals surface area (Å²) in [6.45, 7) is 8.26. The number of hydrogen-bond donors (Lipinski definition) is 0. The van der Waals surface area contributed by atoms with Crippen molar-refractivity contribution < 1.29 is 0 Å². The molecule has 1 rings (SSSR count). The van der Waals surface area contributed by atoms with Gasteiger partial charge in [0, 0.05) is 4.48 Å². The van der Waals surface area contributed by atoms with Crippen LogP contribution < -0.4 is 0 Å². The second-order valence-electron chi connectivity index (χ2n) is 4.07. The zero-order valence-electron chi connectivity index (χ0n) is 9.20. The summed E-state index contributed by atoms with van der Waals surface area (Å²) >= 11 is 3.61. The van der Waals surface area contributed by atoms with Crippen LogP contribution in [0.15, 0.2) is 33.9 Å². The van der Waals surface area contributed by atoms with E-state index in [4.69, 9.17) is 0 Å². The zero-order valence-corrected chi connectivity index (χ0v) is 10.8. The average molecular weight is 255 g/mol. The fraction of sp³-hybridized carbons (Fsp3) is 0.538. The maximum Gasteiger partial charge on any atom is 0.0204 e. The molecule has 1 saturated carbocycles. The van der Waals surface area contributed by atoms with Crippen LogP contribution in [-0.2, 0) is 0 Å². The minimum Gasteiger partial charge on any atom is -0.0979 e. The van der Waals surface area contributed by atoms with E-state index in [9.17, 15) is 0 Å². The zero-order chi connectivity index (χ0) is 10.6. The Balaban J connectivity index is 3.09. The summed E-state index contributed by atoms with van der Waals surface area (Å²) in [6.07, 6.45) is 8.37. The lowest BCUT2D eigenvalue weighted by Crippen LogP contribution is -1.92. The Bertz CT molecular complexity index is 278. The van der Waals surface area contributed by atoms with Gasteiger partial charge in [0.25, 0.3) is 0 Å². The molecular weight excluding hydrogens is 236 g/mol. The lowest BCUT2D eigenvalue weighted by atomic mass is 9.97. The Morgan fingerprint density at radius 1 is 1.14 bits per heavy atom. The summed E-state index contributed by atoms with van der Waals surface area (Å²) in [5.41, 5.74) is 4.49. The second-order valence-corrected chi connectivity index (χ2v) is 4.92. The first-order valence-corrected chi connectivity index (χ1v) is 6.14.